The van der Waals surface area contributed by atoms with E-state index in [1.54, 1.807) is 6.20 Å². The van der Waals surface area contributed by atoms with Gasteiger partial charge in [-0.1, -0.05) is 30.3 Å². The van der Waals surface area contributed by atoms with Crippen molar-refractivity contribution in [3.8, 4) is 11.5 Å². The van der Waals surface area contributed by atoms with Gasteiger partial charge in [0.1, 0.15) is 0 Å². The van der Waals surface area contributed by atoms with Gasteiger partial charge in [-0.3, -0.25) is 4.79 Å². The summed E-state index contributed by atoms with van der Waals surface area (Å²) in [6.45, 7) is 3.54. The number of aromatic nitrogens is 1. The topological polar surface area (TPSA) is 88.6 Å². The van der Waals surface area contributed by atoms with Crippen molar-refractivity contribution in [3.05, 3.63) is 59.8 Å². The van der Waals surface area contributed by atoms with Gasteiger partial charge < -0.3 is 25.4 Å². The van der Waals surface area contributed by atoms with E-state index >= 15 is 0 Å². The van der Waals surface area contributed by atoms with E-state index in [1.165, 1.54) is 30.5 Å². The summed E-state index contributed by atoms with van der Waals surface area (Å²) in [6.07, 6.45) is 5.13. The van der Waals surface area contributed by atoms with E-state index in [0.29, 0.717) is 23.0 Å². The van der Waals surface area contributed by atoms with Crippen molar-refractivity contribution in [2.75, 3.05) is 26.2 Å². The van der Waals surface area contributed by atoms with Crippen LogP contribution in [0.4, 0.5) is 0 Å². The fraction of sp³-hybridized carbons (Fsp3) is 0.348. The van der Waals surface area contributed by atoms with Crippen molar-refractivity contribution in [1.82, 2.24) is 15.2 Å². The number of benzene rings is 2. The van der Waals surface area contributed by atoms with Crippen LogP contribution in [0.25, 0.3) is 10.9 Å². The molecule has 0 atom stereocenters. The van der Waals surface area contributed by atoms with Crippen LogP contribution in [0.15, 0.2) is 48.7 Å². The molecule has 6 nitrogen and oxygen atoms in total. The lowest BCUT2D eigenvalue weighted by Gasteiger charge is -2.32. The van der Waals surface area contributed by atoms with Crippen LogP contribution < -0.4 is 5.32 Å². The number of nitrogens with one attached hydrogen (secondary N) is 2. The maximum Gasteiger partial charge on any atom is 0.253 e. The van der Waals surface area contributed by atoms with Gasteiger partial charge in [0.25, 0.3) is 5.91 Å². The number of carbonyl (C=O) groups excluding carboxylic acids is 1. The molecule has 0 bridgehead atoms. The molecule has 1 aromatic heterocycles. The summed E-state index contributed by atoms with van der Waals surface area (Å²) >= 11 is 0. The van der Waals surface area contributed by atoms with E-state index < -0.39 is 0 Å². The van der Waals surface area contributed by atoms with E-state index in [2.05, 4.69) is 45.5 Å². The molecular formula is C23H27N3O3. The lowest BCUT2D eigenvalue weighted by molar-refractivity contribution is 0.0945. The lowest BCUT2D eigenvalue weighted by Crippen LogP contribution is -2.39. The maximum atomic E-state index is 12.5. The molecule has 0 saturated carbocycles. The molecule has 29 heavy (non-hydrogen) atoms. The molecule has 4 N–H and O–H groups in total. The number of hydrogen-bond donors (Lipinski definition) is 4. The molecule has 6 heteroatoms. The predicted octanol–water partition coefficient (Wildman–Crippen LogP) is 3.26. The van der Waals surface area contributed by atoms with Gasteiger partial charge in [-0.05, 0) is 49.9 Å². The minimum Gasteiger partial charge on any atom is -0.504 e. The zero-order chi connectivity index (χ0) is 20.2. The fourth-order valence-electron chi connectivity index (χ4n) is 4.12. The van der Waals surface area contributed by atoms with E-state index in [1.807, 2.05) is 0 Å². The molecule has 1 saturated heterocycles. The van der Waals surface area contributed by atoms with Crippen molar-refractivity contribution in [3.63, 3.8) is 0 Å². The number of phenols is 2. The van der Waals surface area contributed by atoms with Gasteiger partial charge in [-0.25, -0.2) is 0 Å². The summed E-state index contributed by atoms with van der Waals surface area (Å²) in [5, 5.41) is 22.8. The number of likely N-dealkylation sites (tertiary alicyclic amines) is 1. The number of hydrogen-bond acceptors (Lipinski definition) is 4. The standard InChI is InChI=1S/C23H27N3O3/c27-21-13-18-19(15-25-20(18)14-22(21)28)23(29)24-8-11-26-9-6-17(7-10-26)12-16-4-2-1-3-5-16/h1-5,13-15,17,25,27-28H,6-12H2,(H,24,29). The smallest absolute Gasteiger partial charge is 0.253 e. The molecule has 1 fully saturated rings. The van der Waals surface area contributed by atoms with Gasteiger partial charge in [-0.15, -0.1) is 0 Å². The third kappa shape index (κ3) is 4.54. The molecular weight excluding hydrogens is 366 g/mol. The number of H-pyrrole nitrogens is 1. The first-order valence-electron chi connectivity index (χ1n) is 10.2. The second-order valence-corrected chi connectivity index (χ2v) is 7.82. The maximum absolute atomic E-state index is 12.5. The summed E-state index contributed by atoms with van der Waals surface area (Å²) in [7, 11) is 0. The van der Waals surface area contributed by atoms with Crippen LogP contribution >= 0.6 is 0 Å². The van der Waals surface area contributed by atoms with E-state index in [0.717, 1.165) is 32.0 Å². The van der Waals surface area contributed by atoms with E-state index in [-0.39, 0.29) is 17.4 Å². The quantitative estimate of drug-likeness (QED) is 0.484. The molecule has 1 aliphatic heterocycles. The lowest BCUT2D eigenvalue weighted by atomic mass is 9.90. The summed E-state index contributed by atoms with van der Waals surface area (Å²) in [4.78, 5) is 17.9. The van der Waals surface area contributed by atoms with E-state index in [4.69, 9.17) is 0 Å². The van der Waals surface area contributed by atoms with Gasteiger partial charge >= 0.3 is 0 Å². The van der Waals surface area contributed by atoms with Crippen molar-refractivity contribution >= 4 is 16.8 Å². The number of fused-ring (bicyclic) bond motifs is 1. The SMILES string of the molecule is O=C(NCCN1CCC(Cc2ccccc2)CC1)c1c[nH]c2cc(O)c(O)cc12. The molecule has 2 aromatic carbocycles. The Morgan fingerprint density at radius 1 is 1.10 bits per heavy atom. The van der Waals surface area contributed by atoms with Crippen LogP contribution in [0.3, 0.4) is 0 Å². The summed E-state index contributed by atoms with van der Waals surface area (Å²) in [5.41, 5.74) is 2.50. The number of amides is 1. The number of phenolic OH excluding ortho intramolecular Hbond substituents is 2. The Kier molecular flexibility index (Phi) is 5.71. The summed E-state index contributed by atoms with van der Waals surface area (Å²) in [6, 6.07) is 13.5. The molecule has 4 rings (SSSR count). The Morgan fingerprint density at radius 2 is 1.83 bits per heavy atom. The molecule has 1 amide bonds. The minimum atomic E-state index is -0.232. The highest BCUT2D eigenvalue weighted by Gasteiger charge is 2.20. The van der Waals surface area contributed by atoms with Gasteiger partial charge in [0.15, 0.2) is 11.5 Å². The predicted molar refractivity (Wildman–Crippen MR) is 113 cm³/mol. The van der Waals surface area contributed by atoms with Crippen molar-refractivity contribution in [2.45, 2.75) is 19.3 Å². The largest absolute Gasteiger partial charge is 0.504 e. The highest BCUT2D eigenvalue weighted by molar-refractivity contribution is 6.07. The third-order valence-corrected chi connectivity index (χ3v) is 5.81. The Hall–Kier alpha value is -2.99. The van der Waals surface area contributed by atoms with Gasteiger partial charge in [0.2, 0.25) is 0 Å². The zero-order valence-corrected chi connectivity index (χ0v) is 16.4. The number of aromatic hydroxyl groups is 2. The van der Waals surface area contributed by atoms with Gasteiger partial charge in [0.05, 0.1) is 11.1 Å². The number of piperidine rings is 1. The summed E-state index contributed by atoms with van der Waals surface area (Å²) < 4.78 is 0. The van der Waals surface area contributed by atoms with Gasteiger partial charge in [0, 0.05) is 30.7 Å². The molecule has 0 spiro atoms. The first-order valence-corrected chi connectivity index (χ1v) is 10.2. The average Bonchev–Trinajstić information content (AvgIpc) is 3.13. The van der Waals surface area contributed by atoms with Crippen LogP contribution in [-0.2, 0) is 6.42 Å². The Labute approximate surface area is 170 Å². The van der Waals surface area contributed by atoms with Gasteiger partial charge in [-0.2, -0.15) is 0 Å². The first kappa shape index (κ1) is 19.3. The molecule has 3 aromatic rings. The van der Waals surface area contributed by atoms with Crippen LogP contribution in [0.5, 0.6) is 11.5 Å². The highest BCUT2D eigenvalue weighted by atomic mass is 16.3. The van der Waals surface area contributed by atoms with Crippen LogP contribution in [0, 0.1) is 5.92 Å². The average molecular weight is 393 g/mol. The first-order chi connectivity index (χ1) is 14.1. The summed E-state index contributed by atoms with van der Waals surface area (Å²) in [5.74, 6) is 0.116. The molecule has 0 unspecified atom stereocenters. The molecule has 1 aliphatic rings. The molecule has 0 radical (unpaired) electrons. The van der Waals surface area contributed by atoms with Crippen molar-refractivity contribution < 1.29 is 15.0 Å². The fourth-order valence-corrected chi connectivity index (χ4v) is 4.12. The molecule has 2 heterocycles. The molecule has 152 valence electrons. The minimum absolute atomic E-state index is 0.180. The van der Waals surface area contributed by atoms with Crippen LogP contribution in [0.1, 0.15) is 28.8 Å². The molecule has 0 aliphatic carbocycles. The Morgan fingerprint density at radius 3 is 2.59 bits per heavy atom. The Bertz CT molecular complexity index is 976. The number of aromatic amines is 1. The third-order valence-electron chi connectivity index (χ3n) is 5.81. The van der Waals surface area contributed by atoms with Crippen molar-refractivity contribution in [2.24, 2.45) is 5.92 Å². The zero-order valence-electron chi connectivity index (χ0n) is 16.4. The number of nitrogens with zero attached hydrogens (tertiary/aromatic N) is 1. The Balaban J connectivity index is 1.24. The number of rotatable bonds is 6. The van der Waals surface area contributed by atoms with Crippen LogP contribution in [0.2, 0.25) is 0 Å². The van der Waals surface area contributed by atoms with E-state index in [9.17, 15) is 15.0 Å². The number of carbonyl (C=O) groups is 1. The van der Waals surface area contributed by atoms with Crippen molar-refractivity contribution in [1.29, 1.82) is 0 Å². The second kappa shape index (κ2) is 8.57. The highest BCUT2D eigenvalue weighted by Crippen LogP contribution is 2.31. The second-order valence-electron chi connectivity index (χ2n) is 7.82. The van der Waals surface area contributed by atoms with Crippen LogP contribution in [-0.4, -0.2) is 52.2 Å². The normalized spacial score (nSPS) is 15.6. The monoisotopic (exact) mass is 393 g/mol.